The zero-order valence-electron chi connectivity index (χ0n) is 32.0. The zero-order chi connectivity index (χ0) is 38.9. The van der Waals surface area contributed by atoms with E-state index in [2.05, 4.69) is 216 Å². The first kappa shape index (κ1) is 33.5. The molecule has 1 aliphatic rings. The SMILES string of the molecule is c1ccc(N(c2ccccc2)c2ccc3c(c2)N(c2ccccc2)c2ccccc2[Si]3(c2ccc3c(c2)oc2ccccc23)c2ccc3c(c2)oc2ccccc23)cc1. The van der Waals surface area contributed by atoms with Crippen molar-refractivity contribution in [2.45, 2.75) is 0 Å². The molecule has 0 radical (unpaired) electrons. The molecule has 12 rings (SSSR count). The summed E-state index contributed by atoms with van der Waals surface area (Å²) in [6.07, 6.45) is 0. The Hall–Kier alpha value is -7.60. The van der Waals surface area contributed by atoms with Crippen LogP contribution in [-0.2, 0) is 0 Å². The van der Waals surface area contributed by atoms with E-state index in [-0.39, 0.29) is 0 Å². The van der Waals surface area contributed by atoms with Crippen molar-refractivity contribution in [2.75, 3.05) is 9.80 Å². The third-order valence-corrected chi connectivity index (χ3v) is 16.9. The van der Waals surface area contributed by atoms with Crippen molar-refractivity contribution in [2.24, 2.45) is 0 Å². The summed E-state index contributed by atoms with van der Waals surface area (Å²) in [5.41, 5.74) is 10.2. The third kappa shape index (κ3) is 5.08. The molecule has 5 heteroatoms. The number of hydrogen-bond acceptors (Lipinski definition) is 4. The van der Waals surface area contributed by atoms with Gasteiger partial charge in [0.2, 0.25) is 0 Å². The molecule has 3 heterocycles. The first-order chi connectivity index (χ1) is 29.3. The smallest absolute Gasteiger partial charge is 0.184 e. The van der Waals surface area contributed by atoms with Crippen LogP contribution in [-0.4, -0.2) is 8.07 Å². The number of anilines is 6. The van der Waals surface area contributed by atoms with Gasteiger partial charge in [0, 0.05) is 55.7 Å². The van der Waals surface area contributed by atoms with E-state index in [0.29, 0.717) is 0 Å². The van der Waals surface area contributed by atoms with Crippen LogP contribution in [0.15, 0.2) is 227 Å². The first-order valence-electron chi connectivity index (χ1n) is 20.1. The lowest BCUT2D eigenvalue weighted by Crippen LogP contribution is -2.77. The van der Waals surface area contributed by atoms with Crippen LogP contribution in [0.25, 0.3) is 43.9 Å². The van der Waals surface area contributed by atoms with Gasteiger partial charge in [-0.3, -0.25) is 0 Å². The van der Waals surface area contributed by atoms with Crippen LogP contribution in [0.4, 0.5) is 34.1 Å². The van der Waals surface area contributed by atoms with Crippen molar-refractivity contribution in [1.82, 2.24) is 0 Å². The van der Waals surface area contributed by atoms with Crippen molar-refractivity contribution in [1.29, 1.82) is 0 Å². The molecule has 59 heavy (non-hydrogen) atoms. The van der Waals surface area contributed by atoms with E-state index in [4.69, 9.17) is 8.83 Å². The highest BCUT2D eigenvalue weighted by Gasteiger charge is 2.49. The Morgan fingerprint density at radius 3 is 1.41 bits per heavy atom. The summed E-state index contributed by atoms with van der Waals surface area (Å²) in [6, 6.07) is 78.9. The van der Waals surface area contributed by atoms with Crippen molar-refractivity contribution < 1.29 is 8.83 Å². The Kier molecular flexibility index (Phi) is 7.52. The Labute approximate surface area is 342 Å². The average Bonchev–Trinajstić information content (AvgIpc) is 3.87. The highest BCUT2D eigenvalue weighted by Crippen LogP contribution is 2.43. The van der Waals surface area contributed by atoms with Gasteiger partial charge in [-0.05, 0) is 99.6 Å². The third-order valence-electron chi connectivity index (χ3n) is 12.1. The second-order valence-electron chi connectivity index (χ2n) is 15.3. The predicted molar refractivity (Wildman–Crippen MR) is 248 cm³/mol. The van der Waals surface area contributed by atoms with Gasteiger partial charge in [0.15, 0.2) is 8.07 Å². The summed E-state index contributed by atoms with van der Waals surface area (Å²) >= 11 is 0. The van der Waals surface area contributed by atoms with Crippen LogP contribution in [0.5, 0.6) is 0 Å². The fourth-order valence-electron chi connectivity index (χ4n) is 9.59. The average molecular weight is 773 g/mol. The van der Waals surface area contributed by atoms with Crippen molar-refractivity contribution in [3.05, 3.63) is 218 Å². The van der Waals surface area contributed by atoms with E-state index in [1.54, 1.807) is 0 Å². The Morgan fingerprint density at radius 2 is 0.814 bits per heavy atom. The van der Waals surface area contributed by atoms with Gasteiger partial charge in [-0.1, -0.05) is 140 Å². The van der Waals surface area contributed by atoms with Gasteiger partial charge >= 0.3 is 0 Å². The topological polar surface area (TPSA) is 32.8 Å². The molecule has 0 fully saturated rings. The van der Waals surface area contributed by atoms with E-state index in [1.807, 2.05) is 12.1 Å². The summed E-state index contributed by atoms with van der Waals surface area (Å²) in [5.74, 6) is 0. The van der Waals surface area contributed by atoms with Gasteiger partial charge in [-0.15, -0.1) is 0 Å². The highest BCUT2D eigenvalue weighted by molar-refractivity contribution is 7.21. The molecule has 0 saturated heterocycles. The first-order valence-corrected chi connectivity index (χ1v) is 22.1. The van der Waals surface area contributed by atoms with E-state index < -0.39 is 8.07 Å². The number of fused-ring (bicyclic) bond motifs is 8. The molecule has 0 bridgehead atoms. The number of benzene rings is 9. The van der Waals surface area contributed by atoms with Gasteiger partial charge in [0.05, 0.1) is 0 Å². The number of para-hydroxylation sites is 6. The maximum absolute atomic E-state index is 6.68. The molecule has 0 saturated carbocycles. The molecule has 1 aliphatic heterocycles. The predicted octanol–water partition coefficient (Wildman–Crippen LogP) is 12.1. The molecule has 9 aromatic carbocycles. The summed E-state index contributed by atoms with van der Waals surface area (Å²) in [6.45, 7) is 0. The van der Waals surface area contributed by atoms with Crippen LogP contribution in [0.1, 0.15) is 0 Å². The Bertz CT molecular complexity index is 3200. The van der Waals surface area contributed by atoms with Crippen LogP contribution < -0.4 is 30.5 Å². The minimum absolute atomic E-state index is 0.890. The molecule has 278 valence electrons. The molecule has 0 atom stereocenters. The monoisotopic (exact) mass is 772 g/mol. The molecule has 2 aromatic heterocycles. The van der Waals surface area contributed by atoms with Crippen LogP contribution in [0.2, 0.25) is 0 Å². The Balaban J connectivity index is 1.21. The fraction of sp³-hybridized carbons (Fsp3) is 0. The Morgan fingerprint density at radius 1 is 0.339 bits per heavy atom. The molecular formula is C54H36N2O2Si. The van der Waals surface area contributed by atoms with Gasteiger partial charge in [0.1, 0.15) is 22.3 Å². The molecule has 4 nitrogen and oxygen atoms in total. The largest absolute Gasteiger partial charge is 0.456 e. The quantitative estimate of drug-likeness (QED) is 0.158. The molecule has 0 unspecified atom stereocenters. The van der Waals surface area contributed by atoms with Gasteiger partial charge < -0.3 is 18.6 Å². The van der Waals surface area contributed by atoms with Gasteiger partial charge in [-0.2, -0.15) is 0 Å². The number of furan rings is 2. The van der Waals surface area contributed by atoms with Crippen LogP contribution in [0, 0.1) is 0 Å². The number of rotatable bonds is 6. The summed E-state index contributed by atoms with van der Waals surface area (Å²) in [5, 5.41) is 9.57. The lowest BCUT2D eigenvalue weighted by Gasteiger charge is -2.45. The second kappa shape index (κ2) is 13.2. The van der Waals surface area contributed by atoms with Crippen LogP contribution in [0.3, 0.4) is 0 Å². The van der Waals surface area contributed by atoms with Gasteiger partial charge in [-0.25, -0.2) is 0 Å². The van der Waals surface area contributed by atoms with Crippen molar-refractivity contribution >= 4 is 107 Å². The lowest BCUT2D eigenvalue weighted by molar-refractivity contribution is 0.669. The van der Waals surface area contributed by atoms with E-state index in [0.717, 1.165) is 78.0 Å². The normalized spacial score (nSPS) is 13.2. The molecule has 11 aromatic rings. The molecule has 0 aliphatic carbocycles. The van der Waals surface area contributed by atoms with Crippen LogP contribution >= 0.6 is 0 Å². The standard InChI is InChI=1S/C54H36N2O2Si/c1-4-16-37(17-5-1)55(38-18-6-2-7-19-38)40-28-33-54-48(34-40)56(39-20-8-3-9-21-39)47-24-12-15-27-53(47)59(54,41-29-31-45-43-22-10-13-25-49(43)57-51(45)35-41)42-30-32-46-44-23-11-14-26-50(44)58-52(46)36-42/h1-36H. The maximum atomic E-state index is 6.68. The number of hydrogen-bond donors (Lipinski definition) is 0. The van der Waals surface area contributed by atoms with E-state index in [1.165, 1.54) is 20.7 Å². The fourth-order valence-corrected chi connectivity index (χ4v) is 14.6. The summed E-state index contributed by atoms with van der Waals surface area (Å²) in [4.78, 5) is 4.82. The van der Waals surface area contributed by atoms with Crippen molar-refractivity contribution in [3.8, 4) is 0 Å². The van der Waals surface area contributed by atoms with Crippen molar-refractivity contribution in [3.63, 3.8) is 0 Å². The van der Waals surface area contributed by atoms with E-state index in [9.17, 15) is 0 Å². The minimum Gasteiger partial charge on any atom is -0.456 e. The zero-order valence-corrected chi connectivity index (χ0v) is 33.0. The molecule has 0 spiro atoms. The lowest BCUT2D eigenvalue weighted by atomic mass is 10.1. The second-order valence-corrected chi connectivity index (χ2v) is 19.0. The number of nitrogens with zero attached hydrogens (tertiary/aromatic N) is 2. The maximum Gasteiger partial charge on any atom is 0.184 e. The molecule has 0 amide bonds. The molecule has 0 N–H and O–H groups in total. The van der Waals surface area contributed by atoms with Gasteiger partial charge in [0.25, 0.3) is 0 Å². The summed E-state index contributed by atoms with van der Waals surface area (Å²) < 4.78 is 13.4. The van der Waals surface area contributed by atoms with E-state index >= 15 is 0 Å². The summed E-state index contributed by atoms with van der Waals surface area (Å²) in [7, 11) is -3.18. The minimum atomic E-state index is -3.18. The molecular weight excluding hydrogens is 737 g/mol. The highest BCUT2D eigenvalue weighted by atomic mass is 28.3.